The standard InChI is InChI=1S/C19H20ClNO3/c1-12-5-4-6-13(2)16(12)11-17(19(23)24-3)21-18(22)14-7-9-15(20)10-8-14/h4-10,17H,11H2,1-3H3,(H,21,22)/t17-/m1/s1. The third kappa shape index (κ3) is 4.36. The van der Waals surface area contributed by atoms with Crippen molar-refractivity contribution in [2.75, 3.05) is 7.11 Å². The Bertz CT molecular complexity index is 721. The second-order valence-corrected chi connectivity index (χ2v) is 6.07. The molecule has 0 aliphatic heterocycles. The fourth-order valence-corrected chi connectivity index (χ4v) is 2.68. The summed E-state index contributed by atoms with van der Waals surface area (Å²) >= 11 is 5.83. The van der Waals surface area contributed by atoms with Crippen LogP contribution in [-0.4, -0.2) is 25.0 Å². The minimum absolute atomic E-state index is 0.340. The molecule has 2 aromatic carbocycles. The average molecular weight is 346 g/mol. The second-order valence-electron chi connectivity index (χ2n) is 5.63. The van der Waals surface area contributed by atoms with Gasteiger partial charge in [-0.2, -0.15) is 0 Å². The van der Waals surface area contributed by atoms with Crippen molar-refractivity contribution in [1.29, 1.82) is 0 Å². The first kappa shape index (κ1) is 18.0. The highest BCUT2D eigenvalue weighted by molar-refractivity contribution is 6.30. The lowest BCUT2D eigenvalue weighted by molar-refractivity contribution is -0.142. The SMILES string of the molecule is COC(=O)[C@@H](Cc1c(C)cccc1C)NC(=O)c1ccc(Cl)cc1. The molecule has 5 heteroatoms. The summed E-state index contributed by atoms with van der Waals surface area (Å²) in [6, 6.07) is 11.7. The van der Waals surface area contributed by atoms with Crippen molar-refractivity contribution in [1.82, 2.24) is 5.32 Å². The van der Waals surface area contributed by atoms with E-state index < -0.39 is 12.0 Å². The number of amides is 1. The van der Waals surface area contributed by atoms with Crippen LogP contribution in [0, 0.1) is 13.8 Å². The molecule has 0 unspecified atom stereocenters. The summed E-state index contributed by atoms with van der Waals surface area (Å²) in [5, 5.41) is 3.30. The van der Waals surface area contributed by atoms with Gasteiger partial charge < -0.3 is 10.1 Å². The van der Waals surface area contributed by atoms with Crippen LogP contribution in [0.25, 0.3) is 0 Å². The Morgan fingerprint density at radius 3 is 2.21 bits per heavy atom. The van der Waals surface area contributed by atoms with Crippen molar-refractivity contribution >= 4 is 23.5 Å². The smallest absolute Gasteiger partial charge is 0.328 e. The maximum absolute atomic E-state index is 12.4. The second kappa shape index (κ2) is 7.97. The van der Waals surface area contributed by atoms with E-state index >= 15 is 0 Å². The van der Waals surface area contributed by atoms with Crippen LogP contribution < -0.4 is 5.32 Å². The number of carbonyl (C=O) groups is 2. The third-order valence-corrected chi connectivity index (χ3v) is 4.20. The van der Waals surface area contributed by atoms with Gasteiger partial charge in [-0.3, -0.25) is 4.79 Å². The molecule has 1 N–H and O–H groups in total. The topological polar surface area (TPSA) is 55.4 Å². The molecule has 0 saturated carbocycles. The number of hydrogen-bond acceptors (Lipinski definition) is 3. The fourth-order valence-electron chi connectivity index (χ4n) is 2.55. The number of carbonyl (C=O) groups excluding carboxylic acids is 2. The Hall–Kier alpha value is -2.33. The monoisotopic (exact) mass is 345 g/mol. The molecule has 2 aromatic rings. The van der Waals surface area contributed by atoms with E-state index in [1.807, 2.05) is 32.0 Å². The summed E-state index contributed by atoms with van der Waals surface area (Å²) in [5.74, 6) is -0.812. The maximum Gasteiger partial charge on any atom is 0.328 e. The van der Waals surface area contributed by atoms with Crippen LogP contribution in [0.5, 0.6) is 0 Å². The van der Waals surface area contributed by atoms with Crippen LogP contribution in [-0.2, 0) is 16.0 Å². The highest BCUT2D eigenvalue weighted by Crippen LogP contribution is 2.16. The van der Waals surface area contributed by atoms with Crippen molar-refractivity contribution < 1.29 is 14.3 Å². The summed E-state index contributed by atoms with van der Waals surface area (Å²) < 4.78 is 4.85. The van der Waals surface area contributed by atoms with E-state index in [4.69, 9.17) is 16.3 Å². The molecule has 0 aliphatic rings. The van der Waals surface area contributed by atoms with E-state index in [9.17, 15) is 9.59 Å². The van der Waals surface area contributed by atoms with Crippen molar-refractivity contribution in [3.8, 4) is 0 Å². The molecule has 0 fully saturated rings. The van der Waals surface area contributed by atoms with E-state index in [1.54, 1.807) is 24.3 Å². The first-order valence-corrected chi connectivity index (χ1v) is 7.99. The molecular weight excluding hydrogens is 326 g/mol. The first-order chi connectivity index (χ1) is 11.4. The average Bonchev–Trinajstić information content (AvgIpc) is 2.57. The first-order valence-electron chi connectivity index (χ1n) is 7.61. The van der Waals surface area contributed by atoms with Crippen LogP contribution in [0.15, 0.2) is 42.5 Å². The predicted octanol–water partition coefficient (Wildman–Crippen LogP) is 3.47. The molecule has 0 heterocycles. The fraction of sp³-hybridized carbons (Fsp3) is 0.263. The lowest BCUT2D eigenvalue weighted by atomic mass is 9.96. The van der Waals surface area contributed by atoms with Gasteiger partial charge in [0.1, 0.15) is 6.04 Å². The maximum atomic E-state index is 12.4. The largest absolute Gasteiger partial charge is 0.467 e. The molecule has 0 bridgehead atoms. The molecule has 24 heavy (non-hydrogen) atoms. The van der Waals surface area contributed by atoms with Crippen LogP contribution in [0.1, 0.15) is 27.0 Å². The van der Waals surface area contributed by atoms with Crippen molar-refractivity contribution in [3.05, 3.63) is 69.7 Å². The molecule has 1 atom stereocenters. The number of benzene rings is 2. The van der Waals surface area contributed by atoms with Gasteiger partial charge in [0.15, 0.2) is 0 Å². The zero-order valence-electron chi connectivity index (χ0n) is 13.9. The van der Waals surface area contributed by atoms with Gasteiger partial charge in [0.2, 0.25) is 0 Å². The molecule has 2 rings (SSSR count). The quantitative estimate of drug-likeness (QED) is 0.844. The number of hydrogen-bond donors (Lipinski definition) is 1. The van der Waals surface area contributed by atoms with E-state index in [1.165, 1.54) is 7.11 Å². The van der Waals surface area contributed by atoms with Crippen molar-refractivity contribution in [2.24, 2.45) is 0 Å². The van der Waals surface area contributed by atoms with Gasteiger partial charge in [0.25, 0.3) is 5.91 Å². The normalized spacial score (nSPS) is 11.7. The number of halogens is 1. The van der Waals surface area contributed by atoms with Crippen LogP contribution in [0.2, 0.25) is 5.02 Å². The minimum Gasteiger partial charge on any atom is -0.467 e. The predicted molar refractivity (Wildman–Crippen MR) is 94.3 cm³/mol. The summed E-state index contributed by atoms with van der Waals surface area (Å²) in [5.41, 5.74) is 3.62. The van der Waals surface area contributed by atoms with Gasteiger partial charge in [-0.1, -0.05) is 29.8 Å². The Morgan fingerprint density at radius 2 is 1.67 bits per heavy atom. The van der Waals surface area contributed by atoms with Gasteiger partial charge in [0, 0.05) is 17.0 Å². The van der Waals surface area contributed by atoms with Gasteiger partial charge in [-0.15, -0.1) is 0 Å². The molecule has 126 valence electrons. The zero-order valence-corrected chi connectivity index (χ0v) is 14.7. The highest BCUT2D eigenvalue weighted by atomic mass is 35.5. The summed E-state index contributed by atoms with van der Waals surface area (Å²) in [6.45, 7) is 3.97. The Kier molecular flexibility index (Phi) is 5.99. The van der Waals surface area contributed by atoms with E-state index in [0.717, 1.165) is 16.7 Å². The minimum atomic E-state index is -0.752. The molecule has 0 aliphatic carbocycles. The Balaban J connectivity index is 2.21. The number of methoxy groups -OCH3 is 1. The number of aryl methyl sites for hydroxylation is 2. The molecular formula is C19H20ClNO3. The van der Waals surface area contributed by atoms with Gasteiger partial charge in [-0.05, 0) is 54.8 Å². The summed E-state index contributed by atoms with van der Waals surface area (Å²) in [6.07, 6.45) is 0.379. The highest BCUT2D eigenvalue weighted by Gasteiger charge is 2.24. The van der Waals surface area contributed by atoms with Crippen LogP contribution >= 0.6 is 11.6 Å². The summed E-state index contributed by atoms with van der Waals surface area (Å²) in [4.78, 5) is 24.5. The van der Waals surface area contributed by atoms with E-state index in [0.29, 0.717) is 17.0 Å². The molecule has 0 spiro atoms. The zero-order chi connectivity index (χ0) is 17.7. The number of rotatable bonds is 5. The molecule has 0 saturated heterocycles. The lowest BCUT2D eigenvalue weighted by Gasteiger charge is -2.19. The Morgan fingerprint density at radius 1 is 1.08 bits per heavy atom. The molecule has 0 radical (unpaired) electrons. The third-order valence-electron chi connectivity index (χ3n) is 3.95. The number of ether oxygens (including phenoxy) is 1. The molecule has 0 aromatic heterocycles. The molecule has 4 nitrogen and oxygen atoms in total. The van der Waals surface area contributed by atoms with Gasteiger partial charge in [0.05, 0.1) is 7.11 Å². The summed E-state index contributed by atoms with van der Waals surface area (Å²) in [7, 11) is 1.31. The van der Waals surface area contributed by atoms with Crippen molar-refractivity contribution in [2.45, 2.75) is 26.3 Å². The molecule has 1 amide bonds. The lowest BCUT2D eigenvalue weighted by Crippen LogP contribution is -2.43. The van der Waals surface area contributed by atoms with Crippen LogP contribution in [0.3, 0.4) is 0 Å². The van der Waals surface area contributed by atoms with Crippen molar-refractivity contribution in [3.63, 3.8) is 0 Å². The van der Waals surface area contributed by atoms with Gasteiger partial charge >= 0.3 is 5.97 Å². The number of esters is 1. The Labute approximate surface area is 146 Å². The van der Waals surface area contributed by atoms with E-state index in [2.05, 4.69) is 5.32 Å². The van der Waals surface area contributed by atoms with E-state index in [-0.39, 0.29) is 5.91 Å². The number of nitrogens with one attached hydrogen (secondary N) is 1. The van der Waals surface area contributed by atoms with Crippen LogP contribution in [0.4, 0.5) is 0 Å². The van der Waals surface area contributed by atoms with Gasteiger partial charge in [-0.25, -0.2) is 4.79 Å².